The Morgan fingerprint density at radius 2 is 2.19 bits per heavy atom. The minimum Gasteiger partial charge on any atom is -0.478 e. The van der Waals surface area contributed by atoms with Gasteiger partial charge in [-0.15, -0.1) is 0 Å². The number of carboxylic acid groups (broad SMARTS) is 1. The highest BCUT2D eigenvalue weighted by Gasteiger charge is 2.16. The lowest BCUT2D eigenvalue weighted by atomic mass is 10.2. The van der Waals surface area contributed by atoms with Crippen molar-refractivity contribution in [3.63, 3.8) is 0 Å². The van der Waals surface area contributed by atoms with Crippen LogP contribution in [0.1, 0.15) is 5.56 Å². The third-order valence-corrected chi connectivity index (χ3v) is 2.36. The van der Waals surface area contributed by atoms with Gasteiger partial charge in [0, 0.05) is 16.6 Å². The molecule has 7 heteroatoms. The van der Waals surface area contributed by atoms with Gasteiger partial charge in [-0.1, -0.05) is 15.9 Å². The van der Waals surface area contributed by atoms with Gasteiger partial charge in [0.15, 0.2) is 0 Å². The number of aliphatic carboxylic acids is 1. The van der Waals surface area contributed by atoms with Gasteiger partial charge in [-0.05, 0) is 17.7 Å². The molecular weight excluding hydrogens is 285 g/mol. The largest absolute Gasteiger partial charge is 0.478 e. The molecule has 0 amide bonds. The SMILES string of the molecule is O=C(O)/C=C/c1cc([N+](=O)[O-])c(F)cc1Br. The van der Waals surface area contributed by atoms with Crippen LogP contribution in [0.3, 0.4) is 0 Å². The molecule has 0 saturated carbocycles. The average molecular weight is 290 g/mol. The summed E-state index contributed by atoms with van der Waals surface area (Å²) in [6.45, 7) is 0. The second kappa shape index (κ2) is 4.84. The number of benzene rings is 1. The van der Waals surface area contributed by atoms with Crippen LogP contribution in [0.15, 0.2) is 22.7 Å². The smallest absolute Gasteiger partial charge is 0.328 e. The Morgan fingerprint density at radius 1 is 1.56 bits per heavy atom. The molecule has 0 unspecified atom stereocenters. The van der Waals surface area contributed by atoms with Gasteiger partial charge in [0.2, 0.25) is 5.82 Å². The van der Waals surface area contributed by atoms with Crippen LogP contribution in [0.5, 0.6) is 0 Å². The summed E-state index contributed by atoms with van der Waals surface area (Å²) >= 11 is 2.97. The molecule has 16 heavy (non-hydrogen) atoms. The fourth-order valence-corrected chi connectivity index (χ4v) is 1.43. The van der Waals surface area contributed by atoms with Gasteiger partial charge in [-0.25, -0.2) is 4.79 Å². The molecule has 1 aromatic rings. The van der Waals surface area contributed by atoms with Crippen LogP contribution in [0.25, 0.3) is 6.08 Å². The van der Waals surface area contributed by atoms with E-state index in [-0.39, 0.29) is 10.0 Å². The van der Waals surface area contributed by atoms with Crippen molar-refractivity contribution in [1.82, 2.24) is 0 Å². The lowest BCUT2D eigenvalue weighted by Crippen LogP contribution is -1.94. The molecule has 0 heterocycles. The second-order valence-corrected chi connectivity index (χ2v) is 3.61. The third-order valence-electron chi connectivity index (χ3n) is 1.67. The standard InChI is InChI=1S/C9H5BrFNO4/c10-6-4-7(11)8(12(15)16)3-5(6)1-2-9(13)14/h1-4H,(H,13,14)/b2-1+. The van der Waals surface area contributed by atoms with E-state index >= 15 is 0 Å². The van der Waals surface area contributed by atoms with Gasteiger partial charge < -0.3 is 5.11 Å². The van der Waals surface area contributed by atoms with E-state index in [1.54, 1.807) is 0 Å². The molecule has 0 aliphatic carbocycles. The summed E-state index contributed by atoms with van der Waals surface area (Å²) in [7, 11) is 0. The zero-order valence-electron chi connectivity index (χ0n) is 7.68. The predicted octanol–water partition coefficient (Wildman–Crippen LogP) is 2.59. The topological polar surface area (TPSA) is 80.4 Å². The molecular formula is C9H5BrFNO4. The van der Waals surface area contributed by atoms with E-state index in [0.717, 1.165) is 24.3 Å². The molecule has 0 fully saturated rings. The highest BCUT2D eigenvalue weighted by atomic mass is 79.9. The van der Waals surface area contributed by atoms with Crippen molar-refractivity contribution >= 4 is 33.7 Å². The number of carboxylic acids is 1. The number of hydrogen-bond acceptors (Lipinski definition) is 3. The Kier molecular flexibility index (Phi) is 3.73. The van der Waals surface area contributed by atoms with Crippen LogP contribution in [0.2, 0.25) is 0 Å². The second-order valence-electron chi connectivity index (χ2n) is 2.75. The molecule has 0 bridgehead atoms. The first-order valence-electron chi connectivity index (χ1n) is 3.96. The number of halogens is 2. The third kappa shape index (κ3) is 2.86. The Labute approximate surface area is 97.5 Å². The van der Waals surface area contributed by atoms with Crippen LogP contribution < -0.4 is 0 Å². The zero-order chi connectivity index (χ0) is 12.3. The molecule has 1 aromatic carbocycles. The molecule has 0 saturated heterocycles. The number of nitro groups is 1. The molecule has 5 nitrogen and oxygen atoms in total. The minimum atomic E-state index is -1.20. The van der Waals surface area contributed by atoms with E-state index in [9.17, 15) is 19.3 Å². The summed E-state index contributed by atoms with van der Waals surface area (Å²) in [6, 6.07) is 1.87. The first kappa shape index (κ1) is 12.3. The summed E-state index contributed by atoms with van der Waals surface area (Å²) in [4.78, 5) is 19.8. The van der Waals surface area contributed by atoms with E-state index in [1.165, 1.54) is 0 Å². The van der Waals surface area contributed by atoms with Crippen molar-refractivity contribution in [2.75, 3.05) is 0 Å². The molecule has 84 valence electrons. The predicted molar refractivity (Wildman–Crippen MR) is 57.4 cm³/mol. The van der Waals surface area contributed by atoms with Crippen LogP contribution in [0.4, 0.5) is 10.1 Å². The summed E-state index contributed by atoms with van der Waals surface area (Å²) < 4.78 is 13.3. The monoisotopic (exact) mass is 289 g/mol. The normalized spacial score (nSPS) is 10.6. The molecule has 1 rings (SSSR count). The Morgan fingerprint density at radius 3 is 2.69 bits per heavy atom. The fraction of sp³-hybridized carbons (Fsp3) is 0. The molecule has 0 aliphatic rings. The number of nitrogens with zero attached hydrogens (tertiary/aromatic N) is 1. The Bertz CT molecular complexity index is 487. The summed E-state index contributed by atoms with van der Waals surface area (Å²) in [5.74, 6) is -2.18. The van der Waals surface area contributed by atoms with Gasteiger partial charge >= 0.3 is 11.7 Å². The molecule has 0 spiro atoms. The quantitative estimate of drug-likeness (QED) is 0.527. The van der Waals surface area contributed by atoms with E-state index in [4.69, 9.17) is 5.11 Å². The maximum Gasteiger partial charge on any atom is 0.328 e. The summed E-state index contributed by atoms with van der Waals surface area (Å²) in [5.41, 5.74) is -0.483. The highest BCUT2D eigenvalue weighted by Crippen LogP contribution is 2.26. The van der Waals surface area contributed by atoms with E-state index in [2.05, 4.69) is 15.9 Å². The van der Waals surface area contributed by atoms with Crippen LogP contribution >= 0.6 is 15.9 Å². The van der Waals surface area contributed by atoms with Gasteiger partial charge in [0.25, 0.3) is 0 Å². The average Bonchev–Trinajstić information content (AvgIpc) is 2.15. The van der Waals surface area contributed by atoms with Gasteiger partial charge in [-0.3, -0.25) is 10.1 Å². The van der Waals surface area contributed by atoms with Gasteiger partial charge in [0.1, 0.15) is 0 Å². The maximum absolute atomic E-state index is 13.1. The number of rotatable bonds is 3. The number of carbonyl (C=O) groups is 1. The van der Waals surface area contributed by atoms with E-state index in [0.29, 0.717) is 0 Å². The van der Waals surface area contributed by atoms with Crippen LogP contribution in [-0.2, 0) is 4.79 Å². The molecule has 0 atom stereocenters. The van der Waals surface area contributed by atoms with Crippen LogP contribution in [0, 0.1) is 15.9 Å². The van der Waals surface area contributed by atoms with Gasteiger partial charge in [-0.2, -0.15) is 4.39 Å². The highest BCUT2D eigenvalue weighted by molar-refractivity contribution is 9.10. The molecule has 0 radical (unpaired) electrons. The summed E-state index contributed by atoms with van der Waals surface area (Å²) in [5, 5.41) is 18.8. The van der Waals surface area contributed by atoms with Crippen molar-refractivity contribution in [3.8, 4) is 0 Å². The molecule has 0 aromatic heterocycles. The first-order valence-corrected chi connectivity index (χ1v) is 4.75. The number of nitro benzene ring substituents is 1. The maximum atomic E-state index is 13.1. The van der Waals surface area contributed by atoms with Crippen molar-refractivity contribution in [2.24, 2.45) is 0 Å². The minimum absolute atomic E-state index is 0.218. The van der Waals surface area contributed by atoms with Crippen molar-refractivity contribution < 1.29 is 19.2 Å². The number of hydrogen-bond donors (Lipinski definition) is 1. The molecule has 0 aliphatic heterocycles. The lowest BCUT2D eigenvalue weighted by molar-refractivity contribution is -0.387. The summed E-state index contributed by atoms with van der Waals surface area (Å²) in [6.07, 6.45) is 1.95. The molecule has 1 N–H and O–H groups in total. The van der Waals surface area contributed by atoms with E-state index < -0.39 is 22.4 Å². The van der Waals surface area contributed by atoms with Crippen molar-refractivity contribution in [2.45, 2.75) is 0 Å². The van der Waals surface area contributed by atoms with E-state index in [1.807, 2.05) is 0 Å². The van der Waals surface area contributed by atoms with Crippen molar-refractivity contribution in [3.05, 3.63) is 44.2 Å². The fourth-order valence-electron chi connectivity index (χ4n) is 0.982. The lowest BCUT2D eigenvalue weighted by Gasteiger charge is -1.99. The van der Waals surface area contributed by atoms with Crippen LogP contribution in [-0.4, -0.2) is 16.0 Å². The van der Waals surface area contributed by atoms with Gasteiger partial charge in [0.05, 0.1) is 4.92 Å². The Hall–Kier alpha value is -1.76. The van der Waals surface area contributed by atoms with Crippen molar-refractivity contribution in [1.29, 1.82) is 0 Å². The Balaban J connectivity index is 3.25. The zero-order valence-corrected chi connectivity index (χ0v) is 9.27. The first-order chi connectivity index (χ1) is 7.41.